The van der Waals surface area contributed by atoms with E-state index in [4.69, 9.17) is 0 Å². The van der Waals surface area contributed by atoms with E-state index in [1.54, 1.807) is 17.0 Å². The van der Waals surface area contributed by atoms with E-state index in [-0.39, 0.29) is 17.8 Å². The molecule has 2 rings (SSSR count). The molecular weight excluding hydrogens is 333 g/mol. The molecule has 0 spiro atoms. The average Bonchev–Trinajstić information content (AvgIpc) is 2.33. The number of phenols is 1. The number of benzene rings is 1. The van der Waals surface area contributed by atoms with Crippen molar-refractivity contribution in [3.63, 3.8) is 0 Å². The highest BCUT2D eigenvalue weighted by molar-refractivity contribution is 14.1. The summed E-state index contributed by atoms with van der Waals surface area (Å²) in [6.07, 6.45) is 0.966. The topological polar surface area (TPSA) is 60.8 Å². The average molecular weight is 347 g/mol. The fourth-order valence-corrected chi connectivity index (χ4v) is 2.23. The molecule has 1 amide bonds. The Kier molecular flexibility index (Phi) is 3.88. The third-order valence-electron chi connectivity index (χ3n) is 2.94. The Labute approximate surface area is 113 Å². The van der Waals surface area contributed by atoms with E-state index in [1.165, 1.54) is 6.07 Å². The Morgan fingerprint density at radius 2 is 2.00 bits per heavy atom. The van der Waals surface area contributed by atoms with Gasteiger partial charge in [-0.3, -0.25) is 4.79 Å². The first kappa shape index (κ1) is 12.6. The molecular formula is C12H14INO3. The summed E-state index contributed by atoms with van der Waals surface area (Å²) in [4.78, 5) is 13.8. The molecule has 0 radical (unpaired) electrons. The van der Waals surface area contributed by atoms with Crippen molar-refractivity contribution < 1.29 is 15.0 Å². The summed E-state index contributed by atoms with van der Waals surface area (Å²) in [7, 11) is 0. The van der Waals surface area contributed by atoms with Gasteiger partial charge in [0.15, 0.2) is 0 Å². The molecule has 1 aliphatic heterocycles. The number of likely N-dealkylation sites (tertiary alicyclic amines) is 1. The SMILES string of the molecule is O=C(c1ccc(I)c(O)c1)N1CCC(O)CC1. The number of aliphatic hydroxyl groups excluding tert-OH is 1. The number of carbonyl (C=O) groups is 1. The Morgan fingerprint density at radius 3 is 2.59 bits per heavy atom. The fourth-order valence-electron chi connectivity index (χ4n) is 1.90. The van der Waals surface area contributed by atoms with Crippen molar-refractivity contribution in [1.82, 2.24) is 4.90 Å². The normalized spacial score (nSPS) is 17.2. The number of hydrogen-bond acceptors (Lipinski definition) is 3. The maximum absolute atomic E-state index is 12.1. The zero-order valence-corrected chi connectivity index (χ0v) is 11.4. The molecule has 0 aromatic heterocycles. The van der Waals surface area contributed by atoms with Gasteiger partial charge in [0.2, 0.25) is 0 Å². The number of aromatic hydroxyl groups is 1. The summed E-state index contributed by atoms with van der Waals surface area (Å²) in [5.74, 6) is 0.0529. The molecule has 1 aromatic rings. The molecule has 1 aromatic carbocycles. The molecule has 0 unspecified atom stereocenters. The molecule has 1 fully saturated rings. The van der Waals surface area contributed by atoms with Gasteiger partial charge in [-0.2, -0.15) is 0 Å². The molecule has 1 saturated heterocycles. The van der Waals surface area contributed by atoms with Crippen LogP contribution in [0.1, 0.15) is 23.2 Å². The van der Waals surface area contributed by atoms with Crippen LogP contribution >= 0.6 is 22.6 Å². The van der Waals surface area contributed by atoms with Crippen LogP contribution in [0.25, 0.3) is 0 Å². The third kappa shape index (κ3) is 2.90. The quantitative estimate of drug-likeness (QED) is 0.759. The highest BCUT2D eigenvalue weighted by Gasteiger charge is 2.22. The number of amides is 1. The van der Waals surface area contributed by atoms with Crippen molar-refractivity contribution in [2.45, 2.75) is 18.9 Å². The summed E-state index contributed by atoms with van der Waals surface area (Å²) >= 11 is 2.01. The van der Waals surface area contributed by atoms with Crippen molar-refractivity contribution in [2.24, 2.45) is 0 Å². The first-order valence-corrected chi connectivity index (χ1v) is 6.61. The Balaban J connectivity index is 2.11. The molecule has 17 heavy (non-hydrogen) atoms. The van der Waals surface area contributed by atoms with E-state index < -0.39 is 0 Å². The molecule has 4 nitrogen and oxygen atoms in total. The minimum Gasteiger partial charge on any atom is -0.507 e. The van der Waals surface area contributed by atoms with Gasteiger partial charge in [0.05, 0.1) is 9.67 Å². The van der Waals surface area contributed by atoms with Crippen LogP contribution in [0.4, 0.5) is 0 Å². The van der Waals surface area contributed by atoms with Gasteiger partial charge in [0, 0.05) is 18.7 Å². The number of piperidine rings is 1. The fraction of sp³-hybridized carbons (Fsp3) is 0.417. The second-order valence-electron chi connectivity index (χ2n) is 4.19. The number of aliphatic hydroxyl groups is 1. The van der Waals surface area contributed by atoms with Crippen LogP contribution < -0.4 is 0 Å². The van der Waals surface area contributed by atoms with Crippen LogP contribution in [-0.4, -0.2) is 40.2 Å². The third-order valence-corrected chi connectivity index (χ3v) is 3.86. The van der Waals surface area contributed by atoms with Crippen molar-refractivity contribution in [3.05, 3.63) is 27.3 Å². The standard InChI is InChI=1S/C12H14INO3/c13-10-2-1-8(7-11(10)16)12(17)14-5-3-9(15)4-6-14/h1-2,7,9,15-16H,3-6H2. The summed E-state index contributed by atoms with van der Waals surface area (Å²) in [5, 5.41) is 19.0. The van der Waals surface area contributed by atoms with Crippen molar-refractivity contribution in [3.8, 4) is 5.75 Å². The van der Waals surface area contributed by atoms with Gasteiger partial charge in [-0.1, -0.05) is 0 Å². The Morgan fingerprint density at radius 1 is 1.35 bits per heavy atom. The molecule has 1 aliphatic rings. The lowest BCUT2D eigenvalue weighted by Gasteiger charge is -2.29. The van der Waals surface area contributed by atoms with Crippen LogP contribution in [0.15, 0.2) is 18.2 Å². The number of carbonyl (C=O) groups excluding carboxylic acids is 1. The number of phenolic OH excluding ortho intramolecular Hbond substituents is 1. The zero-order chi connectivity index (χ0) is 12.4. The van der Waals surface area contributed by atoms with Crippen LogP contribution in [0.3, 0.4) is 0 Å². The van der Waals surface area contributed by atoms with Gasteiger partial charge >= 0.3 is 0 Å². The van der Waals surface area contributed by atoms with Crippen molar-refractivity contribution >= 4 is 28.5 Å². The Bertz CT molecular complexity index is 428. The number of rotatable bonds is 1. The lowest BCUT2D eigenvalue weighted by Crippen LogP contribution is -2.40. The summed E-state index contributed by atoms with van der Waals surface area (Å²) < 4.78 is 0.730. The minimum absolute atomic E-state index is 0.0800. The zero-order valence-electron chi connectivity index (χ0n) is 9.27. The predicted molar refractivity (Wildman–Crippen MR) is 72.0 cm³/mol. The van der Waals surface area contributed by atoms with Gasteiger partial charge in [-0.05, 0) is 53.6 Å². The molecule has 1 heterocycles. The maximum atomic E-state index is 12.1. The minimum atomic E-state index is -0.288. The van der Waals surface area contributed by atoms with Crippen molar-refractivity contribution in [1.29, 1.82) is 0 Å². The number of halogens is 1. The van der Waals surface area contributed by atoms with Gasteiger partial charge in [0.1, 0.15) is 5.75 Å². The predicted octanol–water partition coefficient (Wildman–Crippen LogP) is 1.59. The molecule has 0 bridgehead atoms. The highest BCUT2D eigenvalue weighted by atomic mass is 127. The molecule has 0 saturated carbocycles. The first-order valence-electron chi connectivity index (χ1n) is 5.54. The van der Waals surface area contributed by atoms with Crippen LogP contribution in [0.2, 0.25) is 0 Å². The van der Waals surface area contributed by atoms with Crippen LogP contribution in [0.5, 0.6) is 5.75 Å². The van der Waals surface area contributed by atoms with Gasteiger partial charge in [-0.15, -0.1) is 0 Å². The van der Waals surface area contributed by atoms with Crippen LogP contribution in [0, 0.1) is 3.57 Å². The first-order chi connectivity index (χ1) is 8.08. The van der Waals surface area contributed by atoms with E-state index in [0.717, 1.165) is 3.57 Å². The second kappa shape index (κ2) is 5.22. The van der Waals surface area contributed by atoms with E-state index in [0.29, 0.717) is 31.5 Å². The Hall–Kier alpha value is -0.820. The molecule has 92 valence electrons. The smallest absolute Gasteiger partial charge is 0.253 e. The lowest BCUT2D eigenvalue weighted by atomic mass is 10.1. The molecule has 0 atom stereocenters. The lowest BCUT2D eigenvalue weighted by molar-refractivity contribution is 0.0546. The monoisotopic (exact) mass is 347 g/mol. The second-order valence-corrected chi connectivity index (χ2v) is 5.35. The van der Waals surface area contributed by atoms with Crippen molar-refractivity contribution in [2.75, 3.05) is 13.1 Å². The van der Waals surface area contributed by atoms with E-state index >= 15 is 0 Å². The summed E-state index contributed by atoms with van der Waals surface area (Å²) in [5.41, 5.74) is 0.499. The highest BCUT2D eigenvalue weighted by Crippen LogP contribution is 2.22. The molecule has 0 aliphatic carbocycles. The largest absolute Gasteiger partial charge is 0.507 e. The van der Waals surface area contributed by atoms with Gasteiger partial charge < -0.3 is 15.1 Å². The number of hydrogen-bond donors (Lipinski definition) is 2. The molecule has 5 heteroatoms. The van der Waals surface area contributed by atoms with E-state index in [1.807, 2.05) is 22.6 Å². The maximum Gasteiger partial charge on any atom is 0.253 e. The van der Waals surface area contributed by atoms with E-state index in [2.05, 4.69) is 0 Å². The number of nitrogens with zero attached hydrogens (tertiary/aromatic N) is 1. The summed E-state index contributed by atoms with van der Waals surface area (Å²) in [6.45, 7) is 1.15. The van der Waals surface area contributed by atoms with Gasteiger partial charge in [0.25, 0.3) is 5.91 Å². The molecule has 2 N–H and O–H groups in total. The summed E-state index contributed by atoms with van der Waals surface area (Å²) in [6, 6.07) is 4.94. The van der Waals surface area contributed by atoms with Gasteiger partial charge in [-0.25, -0.2) is 0 Å². The van der Waals surface area contributed by atoms with E-state index in [9.17, 15) is 15.0 Å². The van der Waals surface area contributed by atoms with Crippen LogP contribution in [-0.2, 0) is 0 Å².